The summed E-state index contributed by atoms with van der Waals surface area (Å²) in [6.45, 7) is 2.97. The molecule has 0 saturated heterocycles. The van der Waals surface area contributed by atoms with Crippen LogP contribution in [0.2, 0.25) is 4.44 Å². The molecule has 0 aliphatic carbocycles. The topological polar surface area (TPSA) is 26.0 Å². The summed E-state index contributed by atoms with van der Waals surface area (Å²) in [6.07, 6.45) is 0. The third-order valence-electron chi connectivity index (χ3n) is 1.60. The maximum atomic E-state index is 5.61. The normalized spacial score (nSPS) is 8.46. The van der Waals surface area contributed by atoms with Gasteiger partial charge in [-0.05, 0) is 0 Å². The number of hydrogen-bond donors (Lipinski definition) is 1. The molecule has 4 heteroatoms. The molecule has 0 heterocycles. The van der Waals surface area contributed by atoms with Gasteiger partial charge in [0.2, 0.25) is 0 Å². The van der Waals surface area contributed by atoms with E-state index < -0.39 is 0 Å². The molecule has 0 atom stereocenters. The van der Waals surface area contributed by atoms with E-state index in [2.05, 4.69) is 31.2 Å². The van der Waals surface area contributed by atoms with E-state index in [-0.39, 0.29) is 55.1 Å². The van der Waals surface area contributed by atoms with Crippen molar-refractivity contribution in [2.45, 2.75) is 17.9 Å². The number of hydrogen-bond acceptors (Lipinski definition) is 1. The summed E-state index contributed by atoms with van der Waals surface area (Å²) in [7, 11) is 0. The molecule has 0 fully saturated rings. The van der Waals surface area contributed by atoms with Crippen LogP contribution in [0, 0.1) is 0 Å². The van der Waals surface area contributed by atoms with Gasteiger partial charge in [-0.3, -0.25) is 0 Å². The van der Waals surface area contributed by atoms with Gasteiger partial charge >= 0.3 is 78.2 Å². The minimum absolute atomic E-state index is 0. The Morgan fingerprint density at radius 2 is 1.85 bits per heavy atom. The van der Waals surface area contributed by atoms with Crippen molar-refractivity contribution in [2.75, 3.05) is 0 Å². The van der Waals surface area contributed by atoms with Gasteiger partial charge in [0.1, 0.15) is 0 Å². The molecule has 2 radical (unpaired) electrons. The number of benzene rings is 1. The van der Waals surface area contributed by atoms with Gasteiger partial charge in [0.05, 0.1) is 0 Å². The van der Waals surface area contributed by atoms with Crippen LogP contribution >= 0.6 is 34.0 Å². The Kier molecular flexibility index (Phi) is 12.0. The average molecular weight is 416 g/mol. The zero-order chi connectivity index (χ0) is 8.10. The summed E-state index contributed by atoms with van der Waals surface area (Å²) in [4.78, 5) is 0. The second kappa shape index (κ2) is 9.49. The van der Waals surface area contributed by atoms with Crippen LogP contribution in [-0.4, -0.2) is 21.1 Å². The van der Waals surface area contributed by atoms with Crippen LogP contribution in [0.5, 0.6) is 0 Å². The second-order valence-corrected chi connectivity index (χ2v) is 6.96. The zero-order valence-corrected chi connectivity index (χ0v) is 13.9. The van der Waals surface area contributed by atoms with Gasteiger partial charge in [-0.15, -0.1) is 34.0 Å². The van der Waals surface area contributed by atoms with E-state index in [0.717, 1.165) is 0 Å². The molecule has 0 amide bonds. The molecule has 0 saturated carbocycles. The molecule has 1 aromatic rings. The molecule has 2 N–H and O–H groups in total. The van der Waals surface area contributed by atoms with Gasteiger partial charge < -0.3 is 0 Å². The van der Waals surface area contributed by atoms with Crippen molar-refractivity contribution >= 4 is 58.7 Å². The fraction of sp³-hybridized carbons (Fsp3) is 0.333. The first-order valence-electron chi connectivity index (χ1n) is 3.90. The molecule has 1 nitrogen and oxygen atoms in total. The second-order valence-electron chi connectivity index (χ2n) is 2.39. The Morgan fingerprint density at radius 1 is 1.23 bits per heavy atom. The van der Waals surface area contributed by atoms with Crippen molar-refractivity contribution in [3.05, 3.63) is 29.8 Å². The molecular formula is C9H15Br2NSn. The molecule has 0 spiro atoms. The van der Waals surface area contributed by atoms with Crippen LogP contribution < -0.4 is 9.31 Å². The number of halogens is 2. The van der Waals surface area contributed by atoms with Crippen LogP contribution in [0.15, 0.2) is 24.3 Å². The predicted octanol–water partition coefficient (Wildman–Crippen LogP) is 2.07. The number of nitrogens with two attached hydrogens (primary N) is 1. The maximum absolute atomic E-state index is 5.61. The monoisotopic (exact) mass is 415 g/mol. The van der Waals surface area contributed by atoms with E-state index in [0.29, 0.717) is 6.54 Å². The van der Waals surface area contributed by atoms with Crippen LogP contribution in [-0.2, 0) is 6.54 Å². The van der Waals surface area contributed by atoms with Crippen LogP contribution in [0.1, 0.15) is 12.5 Å². The molecule has 13 heavy (non-hydrogen) atoms. The molecule has 0 aliphatic rings. The van der Waals surface area contributed by atoms with E-state index >= 15 is 0 Å². The van der Waals surface area contributed by atoms with Crippen molar-refractivity contribution in [1.29, 1.82) is 0 Å². The van der Waals surface area contributed by atoms with E-state index in [1.165, 1.54) is 10.0 Å². The molecule has 74 valence electrons. The molecule has 0 unspecified atom stereocenters. The van der Waals surface area contributed by atoms with Crippen LogP contribution in [0.25, 0.3) is 0 Å². The van der Waals surface area contributed by atoms with Gasteiger partial charge in [-0.1, -0.05) is 0 Å². The Hall–Kier alpha value is 0.939. The Bertz CT molecular complexity index is 231. The summed E-state index contributed by atoms with van der Waals surface area (Å²) in [5.41, 5.74) is 6.97. The fourth-order valence-corrected chi connectivity index (χ4v) is 3.94. The van der Waals surface area contributed by atoms with Gasteiger partial charge in [-0.2, -0.15) is 0 Å². The molecule has 0 aromatic heterocycles. The molecule has 1 rings (SSSR count). The van der Waals surface area contributed by atoms with Crippen molar-refractivity contribution in [1.82, 2.24) is 0 Å². The summed E-state index contributed by atoms with van der Waals surface area (Å²) < 4.78 is 2.93. The minimum atomic E-state index is -0.282. The third-order valence-corrected chi connectivity index (χ3v) is 5.09. The summed E-state index contributed by atoms with van der Waals surface area (Å²) in [6, 6.07) is 8.56. The molecular weight excluding hydrogens is 401 g/mol. The molecule has 0 bridgehead atoms. The summed E-state index contributed by atoms with van der Waals surface area (Å²) in [5.74, 6) is 0. The molecule has 1 aromatic carbocycles. The van der Waals surface area contributed by atoms with E-state index in [1.54, 1.807) is 3.58 Å². The standard InChI is InChI=1S/C7H8N.C2H5.2BrH.Sn/c8-6-7-4-2-1-3-5-7;1-2;;;/h1-4H,6,8H2;1H2,2H3;2*1H;. The first kappa shape index (κ1) is 16.4. The van der Waals surface area contributed by atoms with Gasteiger partial charge in [0.25, 0.3) is 0 Å². The van der Waals surface area contributed by atoms with E-state index in [1.807, 2.05) is 0 Å². The zero-order valence-electron chi connectivity index (χ0n) is 7.62. The first-order valence-corrected chi connectivity index (χ1v) is 7.35. The third kappa shape index (κ3) is 5.40. The number of rotatable bonds is 3. The quantitative estimate of drug-likeness (QED) is 0.752. The summed E-state index contributed by atoms with van der Waals surface area (Å²) in [5, 5.41) is 0. The van der Waals surface area contributed by atoms with Crippen molar-refractivity contribution in [3.8, 4) is 0 Å². The van der Waals surface area contributed by atoms with Crippen LogP contribution in [0.3, 0.4) is 0 Å². The van der Waals surface area contributed by atoms with Gasteiger partial charge in [0, 0.05) is 0 Å². The average Bonchev–Trinajstić information content (AvgIpc) is 2.06. The Morgan fingerprint density at radius 3 is 2.38 bits per heavy atom. The van der Waals surface area contributed by atoms with Gasteiger partial charge in [0.15, 0.2) is 0 Å². The van der Waals surface area contributed by atoms with Gasteiger partial charge in [-0.25, -0.2) is 0 Å². The van der Waals surface area contributed by atoms with Crippen LogP contribution in [0.4, 0.5) is 0 Å². The summed E-state index contributed by atoms with van der Waals surface area (Å²) >= 11 is -0.282. The van der Waals surface area contributed by atoms with E-state index in [4.69, 9.17) is 5.73 Å². The first-order chi connectivity index (χ1) is 5.38. The molecule has 0 aliphatic heterocycles. The Labute approximate surface area is 111 Å². The van der Waals surface area contributed by atoms with Crippen molar-refractivity contribution in [2.24, 2.45) is 5.73 Å². The van der Waals surface area contributed by atoms with Crippen molar-refractivity contribution in [3.63, 3.8) is 0 Å². The van der Waals surface area contributed by atoms with Crippen molar-refractivity contribution < 1.29 is 0 Å². The van der Waals surface area contributed by atoms with E-state index in [9.17, 15) is 0 Å². The SMILES string of the molecule is Br.Br.C[CH2][Sn][c]1ccccc1CN. The fourth-order valence-electron chi connectivity index (χ4n) is 1.06. The predicted molar refractivity (Wildman–Crippen MR) is 70.8 cm³/mol. The Balaban J connectivity index is 0.